The number of hydrogen-bond acceptors (Lipinski definition) is 3. The zero-order valence-electron chi connectivity index (χ0n) is 10.4. The van der Waals surface area contributed by atoms with E-state index in [4.69, 9.17) is 16.3 Å². The molecule has 2 nitrogen and oxygen atoms in total. The molecule has 98 valence electrons. The van der Waals surface area contributed by atoms with Crippen molar-refractivity contribution in [3.8, 4) is 5.75 Å². The Balaban J connectivity index is 2.19. The van der Waals surface area contributed by atoms with E-state index in [-0.39, 0.29) is 0 Å². The van der Waals surface area contributed by atoms with Gasteiger partial charge in [0.25, 0.3) is 0 Å². The summed E-state index contributed by atoms with van der Waals surface area (Å²) in [5, 5.41) is 0.734. The van der Waals surface area contributed by atoms with Gasteiger partial charge in [0.2, 0.25) is 0 Å². The first-order chi connectivity index (χ1) is 9.24. The van der Waals surface area contributed by atoms with Gasteiger partial charge in [0.05, 0.1) is 12.1 Å². The lowest BCUT2D eigenvalue weighted by Crippen LogP contribution is -1.92. The van der Waals surface area contributed by atoms with Crippen molar-refractivity contribution < 1.29 is 9.53 Å². The molecule has 0 saturated heterocycles. The Kier molecular flexibility index (Phi) is 4.88. The van der Waals surface area contributed by atoms with Crippen molar-refractivity contribution in [3.05, 3.63) is 58.6 Å². The van der Waals surface area contributed by atoms with E-state index < -0.39 is 0 Å². The minimum atomic E-state index is 0.649. The first kappa shape index (κ1) is 14.0. The molecule has 0 fully saturated rings. The van der Waals surface area contributed by atoms with Crippen LogP contribution in [0.3, 0.4) is 0 Å². The van der Waals surface area contributed by atoms with Crippen molar-refractivity contribution in [2.45, 2.75) is 10.6 Å². The van der Waals surface area contributed by atoms with Crippen LogP contribution in [0.25, 0.3) is 0 Å². The zero-order valence-corrected chi connectivity index (χ0v) is 12.0. The van der Waals surface area contributed by atoms with E-state index in [0.717, 1.165) is 27.5 Å². The highest BCUT2D eigenvalue weighted by molar-refractivity contribution is 7.98. The van der Waals surface area contributed by atoms with Crippen LogP contribution in [0.2, 0.25) is 5.02 Å². The lowest BCUT2D eigenvalue weighted by Gasteiger charge is -2.09. The maximum absolute atomic E-state index is 10.8. The maximum atomic E-state index is 10.8. The molecular weight excluding hydrogens is 280 g/mol. The topological polar surface area (TPSA) is 26.3 Å². The number of rotatable bonds is 5. The molecule has 0 aliphatic carbocycles. The summed E-state index contributed by atoms with van der Waals surface area (Å²) >= 11 is 7.74. The van der Waals surface area contributed by atoms with Crippen LogP contribution in [0, 0.1) is 0 Å². The molecule has 0 unspecified atom stereocenters. The first-order valence-electron chi connectivity index (χ1n) is 5.74. The minimum absolute atomic E-state index is 0.649. The van der Waals surface area contributed by atoms with Gasteiger partial charge in [-0.1, -0.05) is 23.7 Å². The quantitative estimate of drug-likeness (QED) is 0.601. The van der Waals surface area contributed by atoms with E-state index in [9.17, 15) is 4.79 Å². The number of thioether (sulfide) groups is 1. The molecule has 4 heteroatoms. The van der Waals surface area contributed by atoms with Crippen LogP contribution in [-0.2, 0) is 5.75 Å². The van der Waals surface area contributed by atoms with E-state index in [1.165, 1.54) is 0 Å². The van der Waals surface area contributed by atoms with Gasteiger partial charge in [-0.2, -0.15) is 0 Å². The molecule has 0 spiro atoms. The molecule has 2 rings (SSSR count). The number of halogens is 1. The largest absolute Gasteiger partial charge is 0.496 e. The summed E-state index contributed by atoms with van der Waals surface area (Å²) in [6.07, 6.45) is 0.836. The van der Waals surface area contributed by atoms with E-state index in [2.05, 4.69) is 0 Å². The fourth-order valence-electron chi connectivity index (χ4n) is 1.70. The van der Waals surface area contributed by atoms with Crippen molar-refractivity contribution in [2.24, 2.45) is 0 Å². The molecule has 19 heavy (non-hydrogen) atoms. The molecule has 0 aromatic heterocycles. The molecule has 0 heterocycles. The van der Waals surface area contributed by atoms with Crippen LogP contribution in [0.1, 0.15) is 15.9 Å². The average Bonchev–Trinajstić information content (AvgIpc) is 2.46. The van der Waals surface area contributed by atoms with Gasteiger partial charge in [0, 0.05) is 21.8 Å². The smallest absolute Gasteiger partial charge is 0.150 e. The highest BCUT2D eigenvalue weighted by Gasteiger charge is 2.06. The number of carbonyl (C=O) groups is 1. The second-order valence-electron chi connectivity index (χ2n) is 3.91. The van der Waals surface area contributed by atoms with Crippen LogP contribution in [0.5, 0.6) is 5.75 Å². The number of carbonyl (C=O) groups excluding carboxylic acids is 1. The van der Waals surface area contributed by atoms with Crippen molar-refractivity contribution in [3.63, 3.8) is 0 Å². The third kappa shape index (κ3) is 3.52. The Hall–Kier alpha value is -1.45. The fraction of sp³-hybridized carbons (Fsp3) is 0.133. The van der Waals surface area contributed by atoms with Crippen LogP contribution >= 0.6 is 23.4 Å². The summed E-state index contributed by atoms with van der Waals surface area (Å²) in [5.74, 6) is 1.49. The van der Waals surface area contributed by atoms with Gasteiger partial charge in [0.15, 0.2) is 0 Å². The first-order valence-corrected chi connectivity index (χ1v) is 7.10. The summed E-state index contributed by atoms with van der Waals surface area (Å²) in [7, 11) is 1.62. The van der Waals surface area contributed by atoms with Crippen LogP contribution in [0.15, 0.2) is 47.4 Å². The van der Waals surface area contributed by atoms with Gasteiger partial charge >= 0.3 is 0 Å². The monoisotopic (exact) mass is 292 g/mol. The SMILES string of the molecule is COc1ccc(C=O)cc1CSc1ccccc1Cl. The molecule has 0 N–H and O–H groups in total. The van der Waals surface area contributed by atoms with Gasteiger partial charge in [0.1, 0.15) is 12.0 Å². The molecule has 0 saturated carbocycles. The molecule has 0 amide bonds. The van der Waals surface area contributed by atoms with Crippen molar-refractivity contribution >= 4 is 29.6 Å². The molecular formula is C15H13ClO2S. The fourth-order valence-corrected chi connectivity index (χ4v) is 2.92. The maximum Gasteiger partial charge on any atom is 0.150 e. The van der Waals surface area contributed by atoms with Gasteiger partial charge < -0.3 is 4.74 Å². The van der Waals surface area contributed by atoms with Crippen LogP contribution < -0.4 is 4.74 Å². The van der Waals surface area contributed by atoms with E-state index >= 15 is 0 Å². The Morgan fingerprint density at radius 1 is 1.26 bits per heavy atom. The number of aldehydes is 1. The van der Waals surface area contributed by atoms with E-state index in [1.54, 1.807) is 24.9 Å². The van der Waals surface area contributed by atoms with Crippen LogP contribution in [-0.4, -0.2) is 13.4 Å². The highest BCUT2D eigenvalue weighted by atomic mass is 35.5. The zero-order chi connectivity index (χ0) is 13.7. The number of ether oxygens (including phenoxy) is 1. The van der Waals surface area contributed by atoms with Crippen molar-refractivity contribution in [1.29, 1.82) is 0 Å². The third-order valence-corrected chi connectivity index (χ3v) is 4.22. The van der Waals surface area contributed by atoms with E-state index in [0.29, 0.717) is 11.3 Å². The normalized spacial score (nSPS) is 10.2. The predicted octanol–water partition coefficient (Wildman–Crippen LogP) is 4.45. The molecule has 0 aliphatic heterocycles. The Labute approximate surface area is 121 Å². The standard InChI is InChI=1S/C15H13ClO2S/c1-18-14-7-6-11(9-17)8-12(14)10-19-15-5-3-2-4-13(15)16/h2-9H,10H2,1H3. The van der Waals surface area contributed by atoms with Gasteiger partial charge in [-0.15, -0.1) is 11.8 Å². The third-order valence-electron chi connectivity index (χ3n) is 2.66. The molecule has 0 aliphatic rings. The second kappa shape index (κ2) is 6.64. The lowest BCUT2D eigenvalue weighted by molar-refractivity contribution is 0.112. The van der Waals surface area contributed by atoms with Gasteiger partial charge in [-0.25, -0.2) is 0 Å². The Morgan fingerprint density at radius 3 is 2.74 bits per heavy atom. The molecule has 2 aromatic carbocycles. The second-order valence-corrected chi connectivity index (χ2v) is 5.33. The summed E-state index contributed by atoms with van der Waals surface area (Å²) in [6.45, 7) is 0. The number of benzene rings is 2. The van der Waals surface area contributed by atoms with Crippen molar-refractivity contribution in [2.75, 3.05) is 7.11 Å². The average molecular weight is 293 g/mol. The number of methoxy groups -OCH3 is 1. The molecule has 0 atom stereocenters. The van der Waals surface area contributed by atoms with Crippen molar-refractivity contribution in [1.82, 2.24) is 0 Å². The minimum Gasteiger partial charge on any atom is -0.496 e. The lowest BCUT2D eigenvalue weighted by atomic mass is 10.1. The Bertz CT molecular complexity index is 584. The van der Waals surface area contributed by atoms with Crippen LogP contribution in [0.4, 0.5) is 0 Å². The highest BCUT2D eigenvalue weighted by Crippen LogP contribution is 2.32. The summed E-state index contributed by atoms with van der Waals surface area (Å²) < 4.78 is 5.30. The van der Waals surface area contributed by atoms with E-state index in [1.807, 2.05) is 36.4 Å². The summed E-state index contributed by atoms with van der Waals surface area (Å²) in [5.41, 5.74) is 1.63. The Morgan fingerprint density at radius 2 is 2.05 bits per heavy atom. The molecule has 0 radical (unpaired) electrons. The molecule has 0 bridgehead atoms. The summed E-state index contributed by atoms with van der Waals surface area (Å²) in [6, 6.07) is 13.1. The number of hydrogen-bond donors (Lipinski definition) is 0. The van der Waals surface area contributed by atoms with Gasteiger partial charge in [-0.05, 0) is 30.3 Å². The molecule has 2 aromatic rings. The summed E-state index contributed by atoms with van der Waals surface area (Å²) in [4.78, 5) is 11.8. The van der Waals surface area contributed by atoms with Gasteiger partial charge in [-0.3, -0.25) is 4.79 Å². The predicted molar refractivity (Wildman–Crippen MR) is 79.4 cm³/mol.